The summed E-state index contributed by atoms with van der Waals surface area (Å²) in [4.78, 5) is 0. The van der Waals surface area contributed by atoms with Crippen molar-refractivity contribution in [2.24, 2.45) is 0 Å². The van der Waals surface area contributed by atoms with Crippen LogP contribution in [-0.4, -0.2) is 11.7 Å². The van der Waals surface area contributed by atoms with Crippen molar-refractivity contribution in [1.82, 2.24) is 0 Å². The van der Waals surface area contributed by atoms with E-state index in [2.05, 4.69) is 30.3 Å². The van der Waals surface area contributed by atoms with Crippen molar-refractivity contribution in [3.05, 3.63) is 47.5 Å². The van der Waals surface area contributed by atoms with Crippen molar-refractivity contribution in [2.75, 3.05) is 6.61 Å². The Labute approximate surface area is 91.4 Å². The summed E-state index contributed by atoms with van der Waals surface area (Å²) in [7, 11) is 0. The maximum atomic E-state index is 8.83. The Balaban J connectivity index is 1.97. The van der Waals surface area contributed by atoms with Crippen molar-refractivity contribution in [3.63, 3.8) is 0 Å². The first kappa shape index (κ1) is 10.4. The number of allylic oxidation sites excluding steroid dienone is 1. The Hall–Kier alpha value is -1.08. The summed E-state index contributed by atoms with van der Waals surface area (Å²) in [5.74, 6) is 0.724. The molecule has 1 N–H and O–H groups in total. The average molecular weight is 202 g/mol. The maximum absolute atomic E-state index is 8.83. The predicted molar refractivity (Wildman–Crippen MR) is 62.8 cm³/mol. The molecule has 1 aliphatic carbocycles. The van der Waals surface area contributed by atoms with E-state index in [0.29, 0.717) is 0 Å². The largest absolute Gasteiger partial charge is 0.392 e. The summed E-state index contributed by atoms with van der Waals surface area (Å²) < 4.78 is 0. The van der Waals surface area contributed by atoms with E-state index in [0.717, 1.165) is 18.8 Å². The average Bonchev–Trinajstić information content (AvgIpc) is 2.32. The van der Waals surface area contributed by atoms with Crippen LogP contribution in [0.1, 0.15) is 37.2 Å². The number of rotatable bonds is 2. The van der Waals surface area contributed by atoms with Crippen LogP contribution in [0.25, 0.3) is 0 Å². The second-order valence-corrected chi connectivity index (χ2v) is 4.23. The third-order valence-electron chi connectivity index (χ3n) is 3.28. The molecule has 1 aromatic rings. The van der Waals surface area contributed by atoms with E-state index in [-0.39, 0.29) is 6.61 Å². The van der Waals surface area contributed by atoms with Crippen LogP contribution in [0, 0.1) is 0 Å². The Morgan fingerprint density at radius 3 is 2.40 bits per heavy atom. The minimum absolute atomic E-state index is 0.200. The zero-order valence-corrected chi connectivity index (χ0v) is 9.02. The summed E-state index contributed by atoms with van der Waals surface area (Å²) in [6.07, 6.45) is 6.74. The van der Waals surface area contributed by atoms with Gasteiger partial charge in [0.15, 0.2) is 0 Å². The highest BCUT2D eigenvalue weighted by Crippen LogP contribution is 2.34. The predicted octanol–water partition coefficient (Wildman–Crippen LogP) is 3.26. The van der Waals surface area contributed by atoms with Crippen molar-refractivity contribution in [1.29, 1.82) is 0 Å². The molecule has 0 heterocycles. The van der Waals surface area contributed by atoms with E-state index in [1.807, 2.05) is 6.08 Å². The van der Waals surface area contributed by atoms with Crippen molar-refractivity contribution in [2.45, 2.75) is 31.6 Å². The Morgan fingerprint density at radius 2 is 1.80 bits per heavy atom. The van der Waals surface area contributed by atoms with Crippen LogP contribution in [0.4, 0.5) is 0 Å². The second-order valence-electron chi connectivity index (χ2n) is 4.23. The molecule has 0 amide bonds. The molecule has 80 valence electrons. The minimum atomic E-state index is 0.200. The summed E-state index contributed by atoms with van der Waals surface area (Å²) in [5, 5.41) is 8.83. The van der Waals surface area contributed by atoms with E-state index in [1.54, 1.807) is 0 Å². The molecule has 1 saturated carbocycles. The molecule has 1 aromatic carbocycles. The van der Waals surface area contributed by atoms with E-state index >= 15 is 0 Å². The van der Waals surface area contributed by atoms with Gasteiger partial charge in [0, 0.05) is 0 Å². The van der Waals surface area contributed by atoms with Gasteiger partial charge in [0.25, 0.3) is 0 Å². The molecular weight excluding hydrogens is 184 g/mol. The molecule has 0 aromatic heterocycles. The van der Waals surface area contributed by atoms with Gasteiger partial charge < -0.3 is 5.11 Å². The lowest BCUT2D eigenvalue weighted by atomic mass is 9.81. The molecule has 0 spiro atoms. The molecular formula is C14H18O. The zero-order chi connectivity index (χ0) is 10.5. The highest BCUT2D eigenvalue weighted by atomic mass is 16.2. The first-order valence-electron chi connectivity index (χ1n) is 5.74. The Morgan fingerprint density at radius 1 is 1.13 bits per heavy atom. The SMILES string of the molecule is OCC=C1CCC(c2ccccc2)CC1. The third kappa shape index (κ3) is 2.69. The fraction of sp³-hybridized carbons (Fsp3) is 0.429. The van der Waals surface area contributed by atoms with Gasteiger partial charge in [-0.05, 0) is 37.2 Å². The summed E-state index contributed by atoms with van der Waals surface area (Å²) in [6, 6.07) is 10.8. The number of hydrogen-bond acceptors (Lipinski definition) is 1. The van der Waals surface area contributed by atoms with Gasteiger partial charge in [0.1, 0.15) is 0 Å². The van der Waals surface area contributed by atoms with Gasteiger partial charge in [-0.2, -0.15) is 0 Å². The number of aliphatic hydroxyl groups is 1. The van der Waals surface area contributed by atoms with Crippen molar-refractivity contribution >= 4 is 0 Å². The number of hydrogen-bond donors (Lipinski definition) is 1. The molecule has 1 nitrogen and oxygen atoms in total. The summed E-state index contributed by atoms with van der Waals surface area (Å²) in [6.45, 7) is 0.200. The highest BCUT2D eigenvalue weighted by molar-refractivity contribution is 5.22. The van der Waals surface area contributed by atoms with E-state index in [4.69, 9.17) is 5.11 Å². The molecule has 0 radical (unpaired) electrons. The lowest BCUT2D eigenvalue weighted by molar-refractivity contribution is 0.340. The Kier molecular flexibility index (Phi) is 3.57. The molecule has 1 fully saturated rings. The van der Waals surface area contributed by atoms with Crippen LogP contribution in [0.15, 0.2) is 42.0 Å². The molecule has 2 rings (SSSR count). The third-order valence-corrected chi connectivity index (χ3v) is 3.28. The normalized spacial score (nSPS) is 21.4. The summed E-state index contributed by atoms with van der Waals surface area (Å²) in [5.41, 5.74) is 2.91. The maximum Gasteiger partial charge on any atom is 0.0615 e. The van der Waals surface area contributed by atoms with Gasteiger partial charge in [-0.15, -0.1) is 0 Å². The Bertz CT molecular complexity index is 316. The molecule has 1 aliphatic rings. The fourth-order valence-electron chi connectivity index (χ4n) is 2.38. The molecule has 0 bridgehead atoms. The van der Waals surface area contributed by atoms with Crippen LogP contribution in [0.2, 0.25) is 0 Å². The smallest absolute Gasteiger partial charge is 0.0615 e. The quantitative estimate of drug-likeness (QED) is 0.730. The standard InChI is InChI=1S/C14H18O/c15-11-10-12-6-8-14(9-7-12)13-4-2-1-3-5-13/h1-5,10,14-15H,6-9,11H2. The van der Waals surface area contributed by atoms with Crippen molar-refractivity contribution < 1.29 is 5.11 Å². The lowest BCUT2D eigenvalue weighted by Crippen LogP contribution is -2.06. The molecule has 0 atom stereocenters. The van der Waals surface area contributed by atoms with Crippen LogP contribution < -0.4 is 0 Å². The van der Waals surface area contributed by atoms with Gasteiger partial charge in [0.05, 0.1) is 6.61 Å². The molecule has 0 saturated heterocycles. The van der Waals surface area contributed by atoms with Crippen LogP contribution in [-0.2, 0) is 0 Å². The van der Waals surface area contributed by atoms with Crippen molar-refractivity contribution in [3.8, 4) is 0 Å². The van der Waals surface area contributed by atoms with Gasteiger partial charge in [-0.25, -0.2) is 0 Å². The van der Waals surface area contributed by atoms with Crippen LogP contribution in [0.5, 0.6) is 0 Å². The van der Waals surface area contributed by atoms with E-state index in [1.165, 1.54) is 24.0 Å². The lowest BCUT2D eigenvalue weighted by Gasteiger charge is -2.24. The first-order chi connectivity index (χ1) is 7.40. The molecule has 0 aliphatic heterocycles. The van der Waals surface area contributed by atoms with Gasteiger partial charge >= 0.3 is 0 Å². The van der Waals surface area contributed by atoms with Gasteiger partial charge in [0.2, 0.25) is 0 Å². The highest BCUT2D eigenvalue weighted by Gasteiger charge is 2.17. The molecule has 1 heteroatoms. The van der Waals surface area contributed by atoms with Gasteiger partial charge in [-0.3, -0.25) is 0 Å². The molecule has 0 unspecified atom stereocenters. The first-order valence-corrected chi connectivity index (χ1v) is 5.74. The number of aliphatic hydroxyl groups excluding tert-OH is 1. The van der Waals surface area contributed by atoms with E-state index in [9.17, 15) is 0 Å². The second kappa shape index (κ2) is 5.13. The van der Waals surface area contributed by atoms with Crippen LogP contribution in [0.3, 0.4) is 0 Å². The minimum Gasteiger partial charge on any atom is -0.392 e. The molecule has 15 heavy (non-hydrogen) atoms. The van der Waals surface area contributed by atoms with E-state index < -0.39 is 0 Å². The monoisotopic (exact) mass is 202 g/mol. The van der Waals surface area contributed by atoms with Crippen LogP contribution >= 0.6 is 0 Å². The van der Waals surface area contributed by atoms with Gasteiger partial charge in [-0.1, -0.05) is 42.0 Å². The zero-order valence-electron chi connectivity index (χ0n) is 9.02. The summed E-state index contributed by atoms with van der Waals surface area (Å²) >= 11 is 0. The fourth-order valence-corrected chi connectivity index (χ4v) is 2.38. The number of benzene rings is 1. The topological polar surface area (TPSA) is 20.2 Å².